The number of aromatic nitrogens is 1. The zero-order chi connectivity index (χ0) is 19.6. The lowest BCUT2D eigenvalue weighted by Gasteiger charge is -2.10. The van der Waals surface area contributed by atoms with Crippen molar-refractivity contribution in [3.63, 3.8) is 0 Å². The highest BCUT2D eigenvalue weighted by molar-refractivity contribution is 5.95. The maximum atomic E-state index is 14.0. The van der Waals surface area contributed by atoms with E-state index in [4.69, 9.17) is 5.53 Å². The highest BCUT2D eigenvalue weighted by atomic mass is 19.2. The fourth-order valence-corrected chi connectivity index (χ4v) is 2.69. The number of hydrogen-bond donors (Lipinski definition) is 2. The summed E-state index contributed by atoms with van der Waals surface area (Å²) in [5, 5.41) is 5.70. The van der Waals surface area contributed by atoms with Crippen molar-refractivity contribution < 1.29 is 22.4 Å². The topological polar surface area (TPSA) is 93.7 Å². The predicted octanol–water partition coefficient (Wildman–Crippen LogP) is 4.64. The number of nitrogens with one attached hydrogen (secondary N) is 2. The third kappa shape index (κ3) is 3.30. The normalized spacial score (nSPS) is 10.7. The number of benzene rings is 2. The molecule has 1 heterocycles. The fourth-order valence-electron chi connectivity index (χ4n) is 2.69. The Balaban J connectivity index is 1.79. The van der Waals surface area contributed by atoms with Crippen LogP contribution in [0.2, 0.25) is 0 Å². The van der Waals surface area contributed by atoms with Gasteiger partial charge in [0.15, 0.2) is 23.3 Å². The highest BCUT2D eigenvalue weighted by Crippen LogP contribution is 2.30. The van der Waals surface area contributed by atoms with Crippen molar-refractivity contribution in [3.05, 3.63) is 75.3 Å². The second kappa shape index (κ2) is 7.38. The third-order valence-corrected chi connectivity index (χ3v) is 3.97. The molecule has 0 unspecified atom stereocenters. The van der Waals surface area contributed by atoms with Gasteiger partial charge in [-0.15, -0.1) is 0 Å². The average molecular weight is 377 g/mol. The van der Waals surface area contributed by atoms with E-state index in [1.807, 2.05) is 24.3 Å². The molecule has 0 aliphatic heterocycles. The summed E-state index contributed by atoms with van der Waals surface area (Å²) in [6.45, 7) is -0.0269. The standard InChI is InChI=1S/C17H11F4N5O/c18-12-11(13(19)15(21)16(14(12)20)25-26-22)17(27)23-6-5-8-7-24-10-4-2-1-3-9(8)10/h1-4,7,24H,5-6H2,(H,23,27). The number of halogens is 4. The van der Waals surface area contributed by atoms with E-state index < -0.39 is 40.4 Å². The van der Waals surface area contributed by atoms with E-state index in [1.165, 1.54) is 0 Å². The molecule has 138 valence electrons. The first-order valence-electron chi connectivity index (χ1n) is 7.70. The number of carbonyl (C=O) groups is 1. The average Bonchev–Trinajstić information content (AvgIpc) is 3.07. The smallest absolute Gasteiger partial charge is 0.257 e. The summed E-state index contributed by atoms with van der Waals surface area (Å²) in [6, 6.07) is 7.40. The van der Waals surface area contributed by atoms with Crippen molar-refractivity contribution in [2.75, 3.05) is 6.54 Å². The molecule has 0 aliphatic rings. The number of carbonyl (C=O) groups excluding carboxylic acids is 1. The first-order chi connectivity index (χ1) is 13.0. The van der Waals surface area contributed by atoms with Crippen molar-refractivity contribution in [1.29, 1.82) is 0 Å². The van der Waals surface area contributed by atoms with Crippen LogP contribution in [0.3, 0.4) is 0 Å². The van der Waals surface area contributed by atoms with Gasteiger partial charge in [-0.1, -0.05) is 23.3 Å². The predicted molar refractivity (Wildman–Crippen MR) is 89.4 cm³/mol. The largest absolute Gasteiger partial charge is 0.361 e. The van der Waals surface area contributed by atoms with Crippen molar-refractivity contribution in [2.45, 2.75) is 6.42 Å². The van der Waals surface area contributed by atoms with Crippen LogP contribution in [0.25, 0.3) is 21.3 Å². The molecule has 2 N–H and O–H groups in total. The quantitative estimate of drug-likeness (QED) is 0.219. The molecule has 0 saturated carbocycles. The van der Waals surface area contributed by atoms with Gasteiger partial charge in [0.05, 0.1) is 0 Å². The molecule has 0 aliphatic carbocycles. The maximum Gasteiger partial charge on any atom is 0.257 e. The number of H-pyrrole nitrogens is 1. The maximum absolute atomic E-state index is 14.0. The number of rotatable bonds is 5. The summed E-state index contributed by atoms with van der Waals surface area (Å²) in [5.41, 5.74) is 7.06. The van der Waals surface area contributed by atoms with Gasteiger partial charge in [0, 0.05) is 28.6 Å². The van der Waals surface area contributed by atoms with Crippen LogP contribution < -0.4 is 5.32 Å². The van der Waals surface area contributed by atoms with Crippen LogP contribution in [0.5, 0.6) is 0 Å². The van der Waals surface area contributed by atoms with Gasteiger partial charge in [-0.3, -0.25) is 4.79 Å². The summed E-state index contributed by atoms with van der Waals surface area (Å²) in [5.74, 6) is -9.06. The zero-order valence-corrected chi connectivity index (χ0v) is 13.6. The Morgan fingerprint density at radius 2 is 1.78 bits per heavy atom. The van der Waals surface area contributed by atoms with Gasteiger partial charge in [0.2, 0.25) is 0 Å². The van der Waals surface area contributed by atoms with E-state index in [0.717, 1.165) is 16.5 Å². The minimum absolute atomic E-state index is 0.0269. The molecule has 0 bridgehead atoms. The second-order valence-electron chi connectivity index (χ2n) is 5.53. The monoisotopic (exact) mass is 377 g/mol. The van der Waals surface area contributed by atoms with Gasteiger partial charge in [-0.05, 0) is 23.6 Å². The van der Waals surface area contributed by atoms with Crippen LogP contribution in [-0.2, 0) is 6.42 Å². The van der Waals surface area contributed by atoms with Crippen LogP contribution in [0, 0.1) is 23.3 Å². The molecule has 0 spiro atoms. The number of aromatic amines is 1. The van der Waals surface area contributed by atoms with Crippen molar-refractivity contribution >= 4 is 22.5 Å². The summed E-state index contributed by atoms with van der Waals surface area (Å²) < 4.78 is 55.4. The molecule has 3 aromatic rings. The lowest BCUT2D eigenvalue weighted by Crippen LogP contribution is -2.28. The van der Waals surface area contributed by atoms with Gasteiger partial charge >= 0.3 is 0 Å². The Morgan fingerprint density at radius 1 is 1.11 bits per heavy atom. The zero-order valence-electron chi connectivity index (χ0n) is 13.6. The molecule has 10 heteroatoms. The number of amides is 1. The number of hydrogen-bond acceptors (Lipinski definition) is 2. The third-order valence-electron chi connectivity index (χ3n) is 3.97. The van der Waals surface area contributed by atoms with Crippen molar-refractivity contribution in [2.24, 2.45) is 5.11 Å². The van der Waals surface area contributed by atoms with Crippen molar-refractivity contribution in [3.8, 4) is 0 Å². The van der Waals surface area contributed by atoms with E-state index in [9.17, 15) is 22.4 Å². The fraction of sp³-hybridized carbons (Fsp3) is 0.118. The molecular weight excluding hydrogens is 366 g/mol. The molecule has 27 heavy (non-hydrogen) atoms. The Morgan fingerprint density at radius 3 is 2.44 bits per heavy atom. The van der Waals surface area contributed by atoms with Gasteiger partial charge in [0.1, 0.15) is 11.3 Å². The van der Waals surface area contributed by atoms with Gasteiger partial charge in [-0.2, -0.15) is 0 Å². The molecule has 3 rings (SSSR count). The van der Waals surface area contributed by atoms with Crippen LogP contribution >= 0.6 is 0 Å². The van der Waals surface area contributed by atoms with E-state index in [-0.39, 0.29) is 6.54 Å². The highest BCUT2D eigenvalue weighted by Gasteiger charge is 2.28. The van der Waals surface area contributed by atoms with Gasteiger partial charge in [-0.25, -0.2) is 17.6 Å². The first kappa shape index (κ1) is 18.3. The van der Waals surface area contributed by atoms with E-state index in [2.05, 4.69) is 20.3 Å². The van der Waals surface area contributed by atoms with Crippen LogP contribution in [0.4, 0.5) is 23.2 Å². The number of para-hydroxylation sites is 1. The number of nitrogens with zero attached hydrogens (tertiary/aromatic N) is 3. The SMILES string of the molecule is [N-]=[N+]=Nc1c(F)c(F)c(C(=O)NCCc2c[nH]c3ccccc23)c(F)c1F. The van der Waals surface area contributed by atoms with Crippen molar-refractivity contribution in [1.82, 2.24) is 10.3 Å². The minimum Gasteiger partial charge on any atom is -0.361 e. The minimum atomic E-state index is -1.94. The molecule has 6 nitrogen and oxygen atoms in total. The molecule has 1 amide bonds. The van der Waals surface area contributed by atoms with Crippen LogP contribution in [0.1, 0.15) is 15.9 Å². The van der Waals surface area contributed by atoms with E-state index in [1.54, 1.807) is 6.20 Å². The van der Waals surface area contributed by atoms with Gasteiger partial charge < -0.3 is 10.3 Å². The lowest BCUT2D eigenvalue weighted by atomic mass is 10.1. The lowest BCUT2D eigenvalue weighted by molar-refractivity contribution is 0.0943. The second-order valence-corrected chi connectivity index (χ2v) is 5.53. The molecule has 0 radical (unpaired) electrons. The molecule has 2 aromatic carbocycles. The van der Waals surface area contributed by atoms with Crippen LogP contribution in [-0.4, -0.2) is 17.4 Å². The van der Waals surface area contributed by atoms with E-state index in [0.29, 0.717) is 6.42 Å². The Bertz CT molecular complexity index is 1060. The number of azide groups is 1. The van der Waals surface area contributed by atoms with Gasteiger partial charge in [0.25, 0.3) is 5.91 Å². The molecule has 0 saturated heterocycles. The first-order valence-corrected chi connectivity index (χ1v) is 7.70. The van der Waals surface area contributed by atoms with E-state index >= 15 is 0 Å². The summed E-state index contributed by atoms with van der Waals surface area (Å²) >= 11 is 0. The molecule has 0 atom stereocenters. The summed E-state index contributed by atoms with van der Waals surface area (Å²) in [7, 11) is 0. The Labute approximate surface area is 149 Å². The Hall–Kier alpha value is -3.52. The summed E-state index contributed by atoms with van der Waals surface area (Å²) in [6.07, 6.45) is 2.05. The number of fused-ring (bicyclic) bond motifs is 1. The molecule has 1 aromatic heterocycles. The van der Waals surface area contributed by atoms with Crippen LogP contribution in [0.15, 0.2) is 35.6 Å². The summed E-state index contributed by atoms with van der Waals surface area (Å²) in [4.78, 5) is 17.1. The molecular formula is C17H11F4N5O. The Kier molecular flexibility index (Phi) is 5.00. The molecule has 0 fully saturated rings.